The number of fused-ring (bicyclic) bond motifs is 1. The van der Waals surface area contributed by atoms with Gasteiger partial charge in [-0.15, -0.1) is 0 Å². The normalized spacial score (nSPS) is 18.6. The third kappa shape index (κ3) is 5.93. The molecule has 0 amide bonds. The van der Waals surface area contributed by atoms with Gasteiger partial charge in [0.2, 0.25) is 11.5 Å². The van der Waals surface area contributed by atoms with E-state index in [0.717, 1.165) is 59.4 Å². The Morgan fingerprint density at radius 2 is 1.42 bits per heavy atom. The molecule has 3 aliphatic rings. The molecule has 5 rings (SSSR count). The summed E-state index contributed by atoms with van der Waals surface area (Å²) in [4.78, 5) is 21.0. The van der Waals surface area contributed by atoms with E-state index >= 15 is 0 Å². The molecule has 2 aromatic carbocycles. The molecule has 0 bridgehead atoms. The highest BCUT2D eigenvalue weighted by Crippen LogP contribution is 2.53. The maximum atomic E-state index is 13.1. The zero-order valence-corrected chi connectivity index (χ0v) is 27.9. The van der Waals surface area contributed by atoms with E-state index < -0.39 is 0 Å². The standard InChI is InChI=1S/C34H40N2O8S/c1-9-44-33(37)32-19(2)36-29(22-17-26(40-5)31(43-8)27(18-22)41-6)23-13-11-10-12-21(28(23)35-34(36)45-32)14-20-15-24(38-3)30(42-7)25(16-20)39-4/h14-18,29H,9-13H2,1-8H3/b21-14+. The second kappa shape index (κ2) is 13.8. The van der Waals surface area contributed by atoms with Gasteiger partial charge in [0.15, 0.2) is 28.2 Å². The number of aliphatic imine (C=N–C) groups is 1. The summed E-state index contributed by atoms with van der Waals surface area (Å²) in [5.41, 5.74) is 5.78. The van der Waals surface area contributed by atoms with Gasteiger partial charge in [0.1, 0.15) is 4.91 Å². The topological polar surface area (TPSA) is 97.3 Å². The van der Waals surface area contributed by atoms with E-state index in [-0.39, 0.29) is 18.6 Å². The van der Waals surface area contributed by atoms with Gasteiger partial charge in [0.05, 0.1) is 61.0 Å². The van der Waals surface area contributed by atoms with Crippen LogP contribution < -0.4 is 28.4 Å². The first-order valence-electron chi connectivity index (χ1n) is 14.8. The van der Waals surface area contributed by atoms with Gasteiger partial charge in [-0.25, -0.2) is 9.79 Å². The molecule has 10 nitrogen and oxygen atoms in total. The smallest absolute Gasteiger partial charge is 0.346 e. The lowest BCUT2D eigenvalue weighted by Crippen LogP contribution is -2.33. The van der Waals surface area contributed by atoms with Crippen LogP contribution in [0.4, 0.5) is 0 Å². The quantitative estimate of drug-likeness (QED) is 0.256. The number of carbonyl (C=O) groups is 1. The SMILES string of the molecule is CCOC(=O)C1=C(C)N2C(=NC3=C(CCCC/C3=C\c3cc(OC)c(OC)c(OC)c3)C2c2cc(OC)c(OC)c(OC)c2)S1. The van der Waals surface area contributed by atoms with E-state index in [0.29, 0.717) is 44.6 Å². The predicted octanol–water partition coefficient (Wildman–Crippen LogP) is 6.90. The van der Waals surface area contributed by atoms with Crippen LogP contribution in [0, 0.1) is 0 Å². The van der Waals surface area contributed by atoms with Crippen molar-refractivity contribution in [1.29, 1.82) is 0 Å². The molecule has 0 aromatic heterocycles. The lowest BCUT2D eigenvalue weighted by molar-refractivity contribution is -0.137. The number of hydrogen-bond acceptors (Lipinski definition) is 11. The van der Waals surface area contributed by atoms with Gasteiger partial charge in [-0.05, 0) is 104 Å². The number of methoxy groups -OCH3 is 6. The summed E-state index contributed by atoms with van der Waals surface area (Å²) in [6.07, 6.45) is 5.76. The van der Waals surface area contributed by atoms with Crippen molar-refractivity contribution < 1.29 is 38.0 Å². The molecule has 2 aromatic rings. The zero-order chi connectivity index (χ0) is 32.2. The summed E-state index contributed by atoms with van der Waals surface area (Å²) < 4.78 is 39.4. The average Bonchev–Trinajstić information content (AvgIpc) is 3.26. The molecular formula is C34H40N2O8S. The van der Waals surface area contributed by atoms with E-state index in [1.165, 1.54) is 11.8 Å². The van der Waals surface area contributed by atoms with Crippen LogP contribution in [0.25, 0.3) is 6.08 Å². The molecule has 11 heteroatoms. The van der Waals surface area contributed by atoms with E-state index in [4.69, 9.17) is 38.2 Å². The molecule has 2 heterocycles. The molecule has 240 valence electrons. The van der Waals surface area contributed by atoms with Gasteiger partial charge in [-0.2, -0.15) is 0 Å². The molecule has 0 saturated carbocycles. The van der Waals surface area contributed by atoms with Gasteiger partial charge in [-0.1, -0.05) is 0 Å². The lowest BCUT2D eigenvalue weighted by atomic mass is 9.89. The van der Waals surface area contributed by atoms with Gasteiger partial charge in [0.25, 0.3) is 0 Å². The molecular weight excluding hydrogens is 596 g/mol. The molecule has 1 unspecified atom stereocenters. The van der Waals surface area contributed by atoms with Crippen LogP contribution in [0.15, 0.2) is 56.7 Å². The van der Waals surface area contributed by atoms with E-state index in [1.54, 1.807) is 49.6 Å². The first-order chi connectivity index (χ1) is 21.8. The zero-order valence-electron chi connectivity index (χ0n) is 27.1. The minimum atomic E-state index is -0.357. The average molecular weight is 637 g/mol. The highest BCUT2D eigenvalue weighted by molar-refractivity contribution is 8.18. The minimum Gasteiger partial charge on any atom is -0.493 e. The maximum absolute atomic E-state index is 13.1. The summed E-state index contributed by atoms with van der Waals surface area (Å²) in [6, 6.07) is 7.56. The van der Waals surface area contributed by atoms with E-state index in [1.807, 2.05) is 31.2 Å². The van der Waals surface area contributed by atoms with Gasteiger partial charge < -0.3 is 38.1 Å². The van der Waals surface area contributed by atoms with Crippen LogP contribution in [0.3, 0.4) is 0 Å². The third-order valence-electron chi connectivity index (χ3n) is 8.13. The number of carbonyl (C=O) groups excluding carboxylic acids is 1. The van der Waals surface area contributed by atoms with Crippen molar-refractivity contribution in [2.45, 2.75) is 45.6 Å². The summed E-state index contributed by atoms with van der Waals surface area (Å²) in [7, 11) is 9.62. The highest BCUT2D eigenvalue weighted by Gasteiger charge is 2.43. The van der Waals surface area contributed by atoms with Crippen molar-refractivity contribution in [3.8, 4) is 34.5 Å². The number of thioether (sulfide) groups is 1. The van der Waals surface area contributed by atoms with Crippen LogP contribution in [-0.4, -0.2) is 65.3 Å². The molecule has 1 atom stereocenters. The predicted molar refractivity (Wildman–Crippen MR) is 175 cm³/mol. The number of amidine groups is 1. The van der Waals surface area contributed by atoms with Crippen molar-refractivity contribution in [3.63, 3.8) is 0 Å². The lowest BCUT2D eigenvalue weighted by Gasteiger charge is -2.37. The number of esters is 1. The van der Waals surface area contributed by atoms with Crippen LogP contribution in [0.5, 0.6) is 34.5 Å². The number of nitrogens with zero attached hydrogens (tertiary/aromatic N) is 2. The van der Waals surface area contributed by atoms with Crippen LogP contribution in [0.2, 0.25) is 0 Å². The second-order valence-electron chi connectivity index (χ2n) is 10.6. The van der Waals surface area contributed by atoms with Gasteiger partial charge >= 0.3 is 5.97 Å². The van der Waals surface area contributed by atoms with Crippen molar-refractivity contribution in [3.05, 3.63) is 62.8 Å². The van der Waals surface area contributed by atoms with Gasteiger partial charge in [-0.3, -0.25) is 0 Å². The van der Waals surface area contributed by atoms with Crippen molar-refractivity contribution in [1.82, 2.24) is 4.90 Å². The summed E-state index contributed by atoms with van der Waals surface area (Å²) >= 11 is 1.34. The number of rotatable bonds is 10. The Morgan fingerprint density at radius 1 is 0.867 bits per heavy atom. The summed E-state index contributed by atoms with van der Waals surface area (Å²) in [5, 5.41) is 0.714. The summed E-state index contributed by atoms with van der Waals surface area (Å²) in [6.45, 7) is 4.04. The number of allylic oxidation sites excluding steroid dienone is 2. The van der Waals surface area contributed by atoms with Crippen LogP contribution >= 0.6 is 11.8 Å². The Labute approximate surface area is 268 Å². The second-order valence-corrected chi connectivity index (χ2v) is 11.5. The fourth-order valence-corrected chi connectivity index (χ4v) is 7.15. The monoisotopic (exact) mass is 636 g/mol. The van der Waals surface area contributed by atoms with E-state index in [9.17, 15) is 4.79 Å². The molecule has 0 saturated heterocycles. The Morgan fingerprint density at radius 3 is 1.96 bits per heavy atom. The van der Waals surface area contributed by atoms with E-state index in [2.05, 4.69) is 11.0 Å². The summed E-state index contributed by atoms with van der Waals surface area (Å²) in [5.74, 6) is 2.96. The fraction of sp³-hybridized carbons (Fsp3) is 0.412. The maximum Gasteiger partial charge on any atom is 0.346 e. The van der Waals surface area contributed by atoms with Crippen LogP contribution in [-0.2, 0) is 9.53 Å². The number of ether oxygens (including phenoxy) is 7. The molecule has 45 heavy (non-hydrogen) atoms. The Kier molecular flexibility index (Phi) is 9.86. The Balaban J connectivity index is 1.74. The Bertz CT molecular complexity index is 1560. The van der Waals surface area contributed by atoms with Gasteiger partial charge in [0, 0.05) is 5.70 Å². The first-order valence-corrected chi connectivity index (χ1v) is 15.6. The van der Waals surface area contributed by atoms with Crippen molar-refractivity contribution in [2.24, 2.45) is 4.99 Å². The first kappa shape index (κ1) is 32.2. The Hall–Kier alpha value is -4.25. The molecule has 0 fully saturated rings. The highest BCUT2D eigenvalue weighted by atomic mass is 32.2. The minimum absolute atomic E-state index is 0.276. The largest absolute Gasteiger partial charge is 0.493 e. The third-order valence-corrected chi connectivity index (χ3v) is 9.26. The molecule has 0 N–H and O–H groups in total. The fourth-order valence-electron chi connectivity index (χ4n) is 6.11. The van der Waals surface area contributed by atoms with Crippen molar-refractivity contribution >= 4 is 29.0 Å². The molecule has 1 aliphatic carbocycles. The number of benzene rings is 2. The molecule has 0 radical (unpaired) electrons. The molecule has 2 aliphatic heterocycles. The van der Waals surface area contributed by atoms with Crippen molar-refractivity contribution in [2.75, 3.05) is 49.3 Å². The number of hydrogen-bond donors (Lipinski definition) is 0. The van der Waals surface area contributed by atoms with Crippen LogP contribution in [0.1, 0.15) is 56.7 Å². The molecule has 0 spiro atoms.